The topological polar surface area (TPSA) is 30.7 Å². The summed E-state index contributed by atoms with van der Waals surface area (Å²) in [6, 6.07) is 54.7. The number of aromatic nitrogens is 3. The number of fused-ring (bicyclic) bond motifs is 13. The second-order valence-corrected chi connectivity index (χ2v) is 13.6. The molecule has 0 aliphatic rings. The molecule has 0 aliphatic carbocycles. The van der Waals surface area contributed by atoms with Crippen LogP contribution in [0.15, 0.2) is 152 Å². The Balaban J connectivity index is 1.33. The Morgan fingerprint density at radius 3 is 1.77 bits per heavy atom. The minimum Gasteiger partial charge on any atom is -0.278 e. The Morgan fingerprint density at radius 1 is 0.417 bits per heavy atom. The predicted octanol–water partition coefficient (Wildman–Crippen LogP) is 12.2. The Hall–Kier alpha value is -6.10. The van der Waals surface area contributed by atoms with Gasteiger partial charge >= 0.3 is 0 Å². The third-order valence-electron chi connectivity index (χ3n) is 9.99. The third kappa shape index (κ3) is 3.52. The molecule has 0 N–H and O–H groups in total. The quantitative estimate of drug-likeness (QED) is 0.179. The van der Waals surface area contributed by atoms with Crippen molar-refractivity contribution in [1.29, 1.82) is 0 Å². The van der Waals surface area contributed by atoms with E-state index in [1.807, 2.05) is 0 Å². The maximum absolute atomic E-state index is 5.61. The van der Waals surface area contributed by atoms with E-state index in [1.54, 1.807) is 11.3 Å². The maximum Gasteiger partial charge on any atom is 0.236 e. The van der Waals surface area contributed by atoms with Crippen LogP contribution in [0.25, 0.3) is 102 Å². The second-order valence-electron chi connectivity index (χ2n) is 12.5. The molecule has 0 saturated heterocycles. The van der Waals surface area contributed by atoms with E-state index >= 15 is 0 Å². The number of hydrogen-bond donors (Lipinski definition) is 0. The first-order valence-electron chi connectivity index (χ1n) is 16.3. The highest BCUT2D eigenvalue weighted by molar-refractivity contribution is 7.25. The molecule has 222 valence electrons. The molecule has 11 rings (SSSR count). The highest BCUT2D eigenvalue weighted by Gasteiger charge is 2.22. The number of benzene rings is 8. The van der Waals surface area contributed by atoms with Gasteiger partial charge in [0.1, 0.15) is 4.83 Å². The minimum absolute atomic E-state index is 0.688. The Bertz CT molecular complexity index is 3090. The van der Waals surface area contributed by atoms with Crippen LogP contribution in [-0.2, 0) is 0 Å². The lowest BCUT2D eigenvalue weighted by molar-refractivity contribution is 1.02. The molecule has 3 heterocycles. The van der Waals surface area contributed by atoms with Gasteiger partial charge in [-0.15, -0.1) is 11.3 Å². The van der Waals surface area contributed by atoms with E-state index in [4.69, 9.17) is 9.97 Å². The largest absolute Gasteiger partial charge is 0.278 e. The average molecular weight is 628 g/mol. The lowest BCUT2D eigenvalue weighted by atomic mass is 9.90. The van der Waals surface area contributed by atoms with Crippen molar-refractivity contribution in [3.63, 3.8) is 0 Å². The normalized spacial score (nSPS) is 12.2. The van der Waals surface area contributed by atoms with Gasteiger partial charge in [-0.05, 0) is 67.4 Å². The van der Waals surface area contributed by atoms with Crippen LogP contribution in [-0.4, -0.2) is 14.5 Å². The highest BCUT2D eigenvalue weighted by atomic mass is 32.1. The highest BCUT2D eigenvalue weighted by Crippen LogP contribution is 2.45. The van der Waals surface area contributed by atoms with Crippen LogP contribution in [0.5, 0.6) is 0 Å². The lowest BCUT2D eigenvalue weighted by Gasteiger charge is -2.15. The van der Waals surface area contributed by atoms with Crippen molar-refractivity contribution in [2.24, 2.45) is 0 Å². The van der Waals surface area contributed by atoms with Gasteiger partial charge < -0.3 is 0 Å². The Morgan fingerprint density at radius 2 is 1.00 bits per heavy atom. The summed E-state index contributed by atoms with van der Waals surface area (Å²) >= 11 is 1.74. The van der Waals surface area contributed by atoms with Crippen molar-refractivity contribution in [3.8, 4) is 17.2 Å². The van der Waals surface area contributed by atoms with E-state index in [1.165, 1.54) is 63.9 Å². The molecule has 0 radical (unpaired) electrons. The van der Waals surface area contributed by atoms with Crippen molar-refractivity contribution in [2.45, 2.75) is 0 Å². The fourth-order valence-electron chi connectivity index (χ4n) is 7.93. The van der Waals surface area contributed by atoms with Crippen LogP contribution in [0.4, 0.5) is 0 Å². The van der Waals surface area contributed by atoms with E-state index in [2.05, 4.69) is 156 Å². The molecule has 0 unspecified atom stereocenters. The van der Waals surface area contributed by atoms with Gasteiger partial charge in [-0.3, -0.25) is 4.57 Å². The summed E-state index contributed by atoms with van der Waals surface area (Å²) in [6.07, 6.45) is 0. The number of thiophene rings is 1. The van der Waals surface area contributed by atoms with Crippen molar-refractivity contribution in [3.05, 3.63) is 152 Å². The molecular weight excluding hydrogens is 603 g/mol. The summed E-state index contributed by atoms with van der Waals surface area (Å²) in [5.74, 6) is 0.688. The van der Waals surface area contributed by atoms with E-state index in [9.17, 15) is 0 Å². The molecule has 0 amide bonds. The Labute approximate surface area is 278 Å². The molecule has 0 aliphatic heterocycles. The fourth-order valence-corrected chi connectivity index (χ4v) is 9.00. The molecule has 0 spiro atoms. The first kappa shape index (κ1) is 26.0. The molecule has 48 heavy (non-hydrogen) atoms. The van der Waals surface area contributed by atoms with Crippen molar-refractivity contribution in [1.82, 2.24) is 14.5 Å². The smallest absolute Gasteiger partial charge is 0.236 e. The van der Waals surface area contributed by atoms with Gasteiger partial charge in [-0.2, -0.15) is 0 Å². The van der Waals surface area contributed by atoms with Gasteiger partial charge in [0.15, 0.2) is 0 Å². The summed E-state index contributed by atoms with van der Waals surface area (Å²) in [4.78, 5) is 12.0. The van der Waals surface area contributed by atoms with Crippen LogP contribution < -0.4 is 0 Å². The second kappa shape index (κ2) is 9.71. The molecule has 11 aromatic rings. The van der Waals surface area contributed by atoms with E-state index in [0.29, 0.717) is 5.95 Å². The van der Waals surface area contributed by atoms with Crippen molar-refractivity contribution < 1.29 is 0 Å². The van der Waals surface area contributed by atoms with Gasteiger partial charge in [0, 0.05) is 31.8 Å². The summed E-state index contributed by atoms with van der Waals surface area (Å²) in [6.45, 7) is 0. The number of nitrogens with zero attached hydrogens (tertiary/aromatic N) is 3. The summed E-state index contributed by atoms with van der Waals surface area (Å²) in [7, 11) is 0. The molecule has 3 aromatic heterocycles. The van der Waals surface area contributed by atoms with E-state index in [0.717, 1.165) is 32.5 Å². The zero-order chi connectivity index (χ0) is 31.3. The summed E-state index contributed by atoms with van der Waals surface area (Å²) in [5.41, 5.74) is 4.29. The summed E-state index contributed by atoms with van der Waals surface area (Å²) < 4.78 is 3.48. The number of para-hydroxylation sites is 1. The lowest BCUT2D eigenvalue weighted by Crippen LogP contribution is -2.03. The van der Waals surface area contributed by atoms with E-state index < -0.39 is 0 Å². The van der Waals surface area contributed by atoms with Crippen molar-refractivity contribution >= 4 is 96.5 Å². The molecular formula is C44H25N3S. The van der Waals surface area contributed by atoms with Crippen LogP contribution in [0.1, 0.15) is 0 Å². The van der Waals surface area contributed by atoms with Gasteiger partial charge in [0.25, 0.3) is 0 Å². The molecule has 0 bridgehead atoms. The van der Waals surface area contributed by atoms with Gasteiger partial charge in [0.05, 0.1) is 16.7 Å². The zero-order valence-corrected chi connectivity index (χ0v) is 26.5. The molecule has 4 heteroatoms. The third-order valence-corrected chi connectivity index (χ3v) is 11.1. The average Bonchev–Trinajstić information content (AvgIpc) is 3.68. The van der Waals surface area contributed by atoms with Crippen LogP contribution >= 0.6 is 11.3 Å². The Kier molecular flexibility index (Phi) is 5.26. The van der Waals surface area contributed by atoms with Gasteiger partial charge in [-0.25, -0.2) is 9.97 Å². The van der Waals surface area contributed by atoms with E-state index in [-0.39, 0.29) is 0 Å². The number of hydrogen-bond acceptors (Lipinski definition) is 3. The summed E-state index contributed by atoms with van der Waals surface area (Å²) in [5, 5.41) is 14.6. The molecule has 0 saturated carbocycles. The maximum atomic E-state index is 5.61. The minimum atomic E-state index is 0.688. The molecule has 0 fully saturated rings. The van der Waals surface area contributed by atoms with Gasteiger partial charge in [-0.1, -0.05) is 127 Å². The van der Waals surface area contributed by atoms with Crippen LogP contribution in [0.2, 0.25) is 0 Å². The first-order valence-corrected chi connectivity index (χ1v) is 17.1. The standard InChI is InChI=1S/C44H25N3S/c1-2-13-27-25-38-36(24-26(27)12-1)31-17-7-9-22-37(31)47(38)44-45-42(41-34-19-8-10-23-39(34)48-43(41)46-44)35-21-11-20-33-30-15-4-3-14-28(30)29-16-5-6-18-32(29)40(33)35/h1-25H. The molecule has 8 aromatic carbocycles. The van der Waals surface area contributed by atoms with Crippen molar-refractivity contribution in [2.75, 3.05) is 0 Å². The first-order chi connectivity index (χ1) is 23.8. The fraction of sp³-hybridized carbons (Fsp3) is 0. The number of rotatable bonds is 2. The molecule has 0 atom stereocenters. The predicted molar refractivity (Wildman–Crippen MR) is 205 cm³/mol. The zero-order valence-electron chi connectivity index (χ0n) is 25.7. The van der Waals surface area contributed by atoms with Crippen LogP contribution in [0, 0.1) is 0 Å². The molecule has 3 nitrogen and oxygen atoms in total. The van der Waals surface area contributed by atoms with Crippen LogP contribution in [0.3, 0.4) is 0 Å². The van der Waals surface area contributed by atoms with Gasteiger partial charge in [0.2, 0.25) is 5.95 Å². The monoisotopic (exact) mass is 627 g/mol. The SMILES string of the molecule is c1ccc2cc3c(cc2c1)c1ccccc1n3-c1nc(-c2cccc3c4ccccc4c4ccccc4c23)c2c(n1)sc1ccccc12.